The molecule has 2 unspecified atom stereocenters. The van der Waals surface area contributed by atoms with Crippen LogP contribution in [0.25, 0.3) is 0 Å². The van der Waals surface area contributed by atoms with Gasteiger partial charge >= 0.3 is 0 Å². The van der Waals surface area contributed by atoms with Gasteiger partial charge in [0.2, 0.25) is 0 Å². The third-order valence-electron chi connectivity index (χ3n) is 4.12. The monoisotopic (exact) mass is 210 g/mol. The van der Waals surface area contributed by atoms with Crippen LogP contribution in [0.1, 0.15) is 25.7 Å². The molecule has 4 rings (SSSR count). The minimum absolute atomic E-state index is 0.0106. The number of hydrogen-bond donors (Lipinski definition) is 0. The highest BCUT2D eigenvalue weighted by Crippen LogP contribution is 2.44. The highest BCUT2D eigenvalue weighted by Gasteiger charge is 2.39. The summed E-state index contributed by atoms with van der Waals surface area (Å²) in [5, 5.41) is 9.34. The van der Waals surface area contributed by atoms with Crippen molar-refractivity contribution >= 4 is 0 Å². The lowest BCUT2D eigenvalue weighted by molar-refractivity contribution is 0.470. The van der Waals surface area contributed by atoms with Crippen LogP contribution in [0, 0.1) is 0 Å². The minimum atomic E-state index is -0.0106. The van der Waals surface area contributed by atoms with Crippen LogP contribution in [0.4, 0.5) is 0 Å². The van der Waals surface area contributed by atoms with Crippen LogP contribution in [0.5, 0.6) is 0 Å². The summed E-state index contributed by atoms with van der Waals surface area (Å²) < 4.78 is 0. The first-order chi connectivity index (χ1) is 7.78. The van der Waals surface area contributed by atoms with Gasteiger partial charge in [-0.25, -0.2) is 0 Å². The van der Waals surface area contributed by atoms with Crippen molar-refractivity contribution in [3.63, 3.8) is 0 Å². The van der Waals surface area contributed by atoms with E-state index in [0.29, 0.717) is 0 Å². The van der Waals surface area contributed by atoms with E-state index in [1.165, 1.54) is 11.1 Å². The van der Waals surface area contributed by atoms with E-state index in [0.717, 1.165) is 25.7 Å². The van der Waals surface area contributed by atoms with E-state index in [4.69, 9.17) is 0 Å². The Balaban J connectivity index is 1.61. The predicted molar refractivity (Wildman–Crippen MR) is 63.2 cm³/mol. The lowest BCUT2D eigenvalue weighted by Gasteiger charge is -2.21. The molecule has 2 heteroatoms. The van der Waals surface area contributed by atoms with E-state index >= 15 is 0 Å². The minimum Gasteiger partial charge on any atom is -0.182 e. The first-order valence-corrected chi connectivity index (χ1v) is 5.98. The molecule has 0 heterocycles. The molecular weight excluding hydrogens is 196 g/mol. The molecule has 0 saturated carbocycles. The molecule has 0 fully saturated rings. The fourth-order valence-electron chi connectivity index (χ4n) is 3.06. The topological polar surface area (TPSA) is 24.7 Å². The molecule has 0 spiro atoms. The van der Waals surface area contributed by atoms with Gasteiger partial charge in [-0.3, -0.25) is 0 Å². The van der Waals surface area contributed by atoms with Crippen molar-refractivity contribution in [3.05, 3.63) is 47.6 Å². The molecule has 0 N–H and O–H groups in total. The van der Waals surface area contributed by atoms with Crippen molar-refractivity contribution in [2.45, 2.75) is 36.8 Å². The van der Waals surface area contributed by atoms with Crippen LogP contribution in [-0.4, -0.2) is 11.1 Å². The van der Waals surface area contributed by atoms with Crippen molar-refractivity contribution in [3.8, 4) is 0 Å². The van der Waals surface area contributed by atoms with E-state index in [-0.39, 0.29) is 11.1 Å². The van der Waals surface area contributed by atoms with E-state index in [1.54, 1.807) is 0 Å². The molecule has 4 aliphatic rings. The predicted octanol–water partition coefficient (Wildman–Crippen LogP) is 3.50. The molecule has 0 aromatic heterocycles. The summed E-state index contributed by atoms with van der Waals surface area (Å²) in [6, 6.07) is 0. The Kier molecular flexibility index (Phi) is 1.42. The van der Waals surface area contributed by atoms with Crippen LogP contribution >= 0.6 is 0 Å². The first-order valence-electron chi connectivity index (χ1n) is 5.98. The van der Waals surface area contributed by atoms with E-state index < -0.39 is 0 Å². The lowest BCUT2D eigenvalue weighted by Crippen LogP contribution is -2.21. The number of allylic oxidation sites excluding steroid dienone is 2. The fraction of sp³-hybridized carbons (Fsp3) is 0.429. The summed E-state index contributed by atoms with van der Waals surface area (Å²) >= 11 is 0. The zero-order chi connectivity index (χ0) is 10.6. The van der Waals surface area contributed by atoms with Crippen molar-refractivity contribution in [2.75, 3.05) is 0 Å². The van der Waals surface area contributed by atoms with Gasteiger partial charge in [0.1, 0.15) is 11.1 Å². The highest BCUT2D eigenvalue weighted by atomic mass is 15.2. The fourth-order valence-corrected chi connectivity index (χ4v) is 3.06. The maximum absolute atomic E-state index is 4.67. The van der Waals surface area contributed by atoms with Crippen molar-refractivity contribution < 1.29 is 0 Å². The molecule has 0 radical (unpaired) electrons. The van der Waals surface area contributed by atoms with E-state index in [1.807, 2.05) is 0 Å². The standard InChI is InChI=1S/C14H14N2/c1-5-13(6-2-11(1)9-13)15-16-14-7-3-12(10-14)4-8-14/h1-5,7H,6,8-10H2. The molecule has 0 aromatic rings. The number of azo groups is 1. The number of rotatable bonds is 2. The van der Waals surface area contributed by atoms with Crippen LogP contribution in [-0.2, 0) is 0 Å². The lowest BCUT2D eigenvalue weighted by atomic mass is 9.99. The first kappa shape index (κ1) is 8.68. The van der Waals surface area contributed by atoms with Gasteiger partial charge in [-0.05, 0) is 24.0 Å². The van der Waals surface area contributed by atoms with Crippen LogP contribution in [0.3, 0.4) is 0 Å². The zero-order valence-electron chi connectivity index (χ0n) is 9.19. The molecular formula is C14H14N2. The normalized spacial score (nSPS) is 42.5. The molecule has 0 aliphatic heterocycles. The van der Waals surface area contributed by atoms with Gasteiger partial charge in [0.25, 0.3) is 0 Å². The summed E-state index contributed by atoms with van der Waals surface area (Å²) in [6.07, 6.45) is 17.7. The molecule has 80 valence electrons. The van der Waals surface area contributed by atoms with Crippen LogP contribution in [0.15, 0.2) is 57.8 Å². The Morgan fingerprint density at radius 1 is 0.812 bits per heavy atom. The molecule has 4 bridgehead atoms. The average Bonchev–Trinajstić information content (AvgIpc) is 3.07. The molecule has 16 heavy (non-hydrogen) atoms. The molecule has 0 amide bonds. The Morgan fingerprint density at radius 3 is 1.56 bits per heavy atom. The summed E-state index contributed by atoms with van der Waals surface area (Å²) in [4.78, 5) is 0. The molecule has 4 aliphatic carbocycles. The smallest absolute Gasteiger partial charge is 0.107 e. The van der Waals surface area contributed by atoms with Gasteiger partial charge in [0.05, 0.1) is 0 Å². The van der Waals surface area contributed by atoms with E-state index in [9.17, 15) is 0 Å². The summed E-state index contributed by atoms with van der Waals surface area (Å²) in [5.41, 5.74) is 2.85. The Morgan fingerprint density at radius 2 is 1.31 bits per heavy atom. The van der Waals surface area contributed by atoms with Gasteiger partial charge in [0.15, 0.2) is 0 Å². The highest BCUT2D eigenvalue weighted by molar-refractivity contribution is 5.42. The zero-order valence-corrected chi connectivity index (χ0v) is 9.19. The van der Waals surface area contributed by atoms with Crippen LogP contribution < -0.4 is 0 Å². The second-order valence-corrected chi connectivity index (χ2v) is 5.39. The summed E-state index contributed by atoms with van der Waals surface area (Å²) in [5.74, 6) is 0. The number of nitrogens with zero attached hydrogens (tertiary/aromatic N) is 2. The SMILES string of the molecule is C1=CC2(N=NC34C=CC(=CC3)C4)CC=C1C2. The molecule has 2 atom stereocenters. The van der Waals surface area contributed by atoms with Gasteiger partial charge in [-0.15, -0.1) is 0 Å². The van der Waals surface area contributed by atoms with Crippen molar-refractivity contribution in [1.82, 2.24) is 0 Å². The number of fused-ring (bicyclic) bond motifs is 4. The Hall–Kier alpha value is -1.44. The van der Waals surface area contributed by atoms with Gasteiger partial charge < -0.3 is 0 Å². The Labute approximate surface area is 95.1 Å². The average molecular weight is 210 g/mol. The maximum atomic E-state index is 4.67. The maximum Gasteiger partial charge on any atom is 0.107 e. The molecule has 0 aromatic carbocycles. The molecule has 2 nitrogen and oxygen atoms in total. The van der Waals surface area contributed by atoms with Crippen LogP contribution in [0.2, 0.25) is 0 Å². The van der Waals surface area contributed by atoms with E-state index in [2.05, 4.69) is 46.7 Å². The molecule has 0 saturated heterocycles. The quantitative estimate of drug-likeness (QED) is 0.623. The second kappa shape index (κ2) is 2.62. The Bertz CT molecular complexity index is 461. The van der Waals surface area contributed by atoms with Crippen molar-refractivity contribution in [1.29, 1.82) is 0 Å². The second-order valence-electron chi connectivity index (χ2n) is 5.39. The van der Waals surface area contributed by atoms with Gasteiger partial charge in [0, 0.05) is 12.8 Å². The summed E-state index contributed by atoms with van der Waals surface area (Å²) in [7, 11) is 0. The number of hydrogen-bond acceptors (Lipinski definition) is 2. The third-order valence-corrected chi connectivity index (χ3v) is 4.12. The summed E-state index contributed by atoms with van der Waals surface area (Å²) in [6.45, 7) is 0. The van der Waals surface area contributed by atoms with Gasteiger partial charge in [-0.2, -0.15) is 10.2 Å². The van der Waals surface area contributed by atoms with Crippen molar-refractivity contribution in [2.24, 2.45) is 10.2 Å². The van der Waals surface area contributed by atoms with Gasteiger partial charge in [-0.1, -0.05) is 36.5 Å². The largest absolute Gasteiger partial charge is 0.182 e. The third kappa shape index (κ3) is 1.07.